The van der Waals surface area contributed by atoms with Crippen molar-refractivity contribution < 1.29 is 49.3 Å². The molecule has 626 valence electrons. The first kappa shape index (κ1) is 84.0. The second-order valence-electron chi connectivity index (χ2n) is 30.6. The molecule has 0 spiro atoms. The summed E-state index contributed by atoms with van der Waals surface area (Å²) in [6.45, 7) is 29.3. The second kappa shape index (κ2) is 37.2. The standard InChI is InChI=1S/C24H27N7O3S.C20H25N5O2.C19H22F2N6O3S.C19H24N6O/c1-17(2)34-23-13-20-21(15-27-23)28-29-24(20)19-5-7-26-22(12-19)30-8-10-31(11-9-30)35(32,33)16-18-4-3-6-25-14-18;1-12(2)26-19-5-16-15(7-21-19)8-22-20(16)17-6-18(24-11-23-17)25-9-13(3)27-14(4)10-25;1-12(2)30-17-10-14-15(11-23-17)24-25-18(14)13-3-4-22-16(9-13)26-5-7-27(8-6-26)31(28,29)19(20)21;1-13(2)26-18-8-15-14(10-20-18)11-21-19(15)16-9-17(23-12-22-16)25-6-4-24(3)5-7-25/h3-7,12-15,17H,8-11,16H2,1-2H3,(H,28,29);5-7,11-14H,8-10H2,1-4H3;3-4,9-12,19H,5-8H2,1-2H3,(H,24,25);8-10,12-13H,4-7,11H2,1-3H3/t;13-,14+;;. The van der Waals surface area contributed by atoms with Gasteiger partial charge in [0.15, 0.2) is 0 Å². The van der Waals surface area contributed by atoms with Crippen molar-refractivity contribution in [3.05, 3.63) is 174 Å². The van der Waals surface area contributed by atoms with E-state index in [2.05, 4.69) is 116 Å². The highest BCUT2D eigenvalue weighted by Crippen LogP contribution is 2.35. The molecule has 0 amide bonds. The van der Waals surface area contributed by atoms with Crippen molar-refractivity contribution >= 4 is 76.5 Å². The van der Waals surface area contributed by atoms with Crippen LogP contribution in [0.15, 0.2) is 145 Å². The van der Waals surface area contributed by atoms with Gasteiger partial charge in [0.1, 0.15) is 47.3 Å². The van der Waals surface area contributed by atoms with Crippen LogP contribution < -0.4 is 38.5 Å². The van der Waals surface area contributed by atoms with E-state index in [1.807, 2.05) is 133 Å². The van der Waals surface area contributed by atoms with E-state index in [0.717, 1.165) is 145 Å². The molecule has 0 aliphatic carbocycles. The smallest absolute Gasteiger partial charge is 0.350 e. The number of anilines is 4. The molecule has 11 aromatic rings. The average molecular weight is 1670 g/mol. The average Bonchev–Trinajstić information content (AvgIpc) is 1.68. The minimum absolute atomic E-state index is 0.0135. The predicted octanol–water partition coefficient (Wildman–Crippen LogP) is 9.72. The van der Waals surface area contributed by atoms with Gasteiger partial charge in [0.2, 0.25) is 33.5 Å². The Morgan fingerprint density at radius 3 is 1.33 bits per heavy atom. The Labute approximate surface area is 689 Å². The summed E-state index contributed by atoms with van der Waals surface area (Å²) in [6.07, 6.45) is 17.5. The number of pyridine rings is 7. The number of aliphatic imine (C=N–C) groups is 2. The molecule has 4 saturated heterocycles. The second-order valence-corrected chi connectivity index (χ2v) is 34.5. The van der Waals surface area contributed by atoms with Gasteiger partial charge in [-0.05, 0) is 112 Å². The number of aromatic nitrogens is 15. The van der Waals surface area contributed by atoms with E-state index >= 15 is 0 Å². The minimum Gasteiger partial charge on any atom is -0.475 e. The minimum atomic E-state index is -4.57. The molecule has 33 nitrogen and oxygen atoms in total. The fourth-order valence-electron chi connectivity index (χ4n) is 14.5. The van der Waals surface area contributed by atoms with Gasteiger partial charge in [0.05, 0.1) is 102 Å². The first-order valence-corrected chi connectivity index (χ1v) is 42.8. The van der Waals surface area contributed by atoms with Gasteiger partial charge in [-0.3, -0.25) is 25.2 Å². The number of hydrogen-bond donors (Lipinski definition) is 2. The molecule has 2 atom stereocenters. The maximum atomic E-state index is 12.9. The van der Waals surface area contributed by atoms with Crippen LogP contribution >= 0.6 is 0 Å². The van der Waals surface area contributed by atoms with Gasteiger partial charge >= 0.3 is 5.76 Å². The molecule has 2 N–H and O–H groups in total. The number of ether oxygens (including phenoxy) is 5. The van der Waals surface area contributed by atoms with Crippen LogP contribution in [0.2, 0.25) is 0 Å². The molecule has 6 aliphatic heterocycles. The summed E-state index contributed by atoms with van der Waals surface area (Å²) in [5.74, 6) is 2.11. The zero-order valence-corrected chi connectivity index (χ0v) is 70.0. The van der Waals surface area contributed by atoms with E-state index in [1.165, 1.54) is 0 Å². The fourth-order valence-corrected chi connectivity index (χ4v) is 16.9. The summed E-state index contributed by atoms with van der Waals surface area (Å²) in [5, 5.41) is 16.6. The third-order valence-electron chi connectivity index (χ3n) is 20.1. The van der Waals surface area contributed by atoms with E-state index in [0.29, 0.717) is 79.9 Å². The molecule has 17 rings (SSSR count). The lowest BCUT2D eigenvalue weighted by Gasteiger charge is -2.36. The van der Waals surface area contributed by atoms with Crippen molar-refractivity contribution in [2.45, 2.75) is 130 Å². The van der Waals surface area contributed by atoms with E-state index < -0.39 is 25.8 Å². The monoisotopic (exact) mass is 1660 g/mol. The molecular formula is C82H98F2N24O9S2. The van der Waals surface area contributed by atoms with E-state index in [9.17, 15) is 25.6 Å². The van der Waals surface area contributed by atoms with Gasteiger partial charge in [-0.25, -0.2) is 66.7 Å². The lowest BCUT2D eigenvalue weighted by atomic mass is 10.1. The number of nitrogens with zero attached hydrogens (tertiary/aromatic N) is 22. The molecule has 4 fully saturated rings. The fraction of sp³-hybridized carbons (Fsp3) is 0.427. The van der Waals surface area contributed by atoms with Gasteiger partial charge in [-0.1, -0.05) is 6.07 Å². The number of fused-ring (bicyclic) bond motifs is 4. The predicted molar refractivity (Wildman–Crippen MR) is 450 cm³/mol. The molecule has 0 unspecified atom stereocenters. The summed E-state index contributed by atoms with van der Waals surface area (Å²) in [7, 11) is -5.82. The molecule has 37 heteroatoms. The Kier molecular flexibility index (Phi) is 26.2. The number of H-pyrrole nitrogens is 2. The van der Waals surface area contributed by atoms with Gasteiger partial charge in [-0.2, -0.15) is 27.6 Å². The number of aromatic amines is 2. The molecule has 0 aromatic carbocycles. The van der Waals surface area contributed by atoms with Crippen molar-refractivity contribution in [2.75, 3.05) is 118 Å². The SMILES string of the molecule is CC(C)Oc1cc2c(-c3ccnc(N4CCN(S(=O)(=O)C(F)F)CC4)c3)n[nH]c2cn1.CC(C)Oc1cc2c(-c3ccnc(N4CCN(S(=O)(=O)Cc5cccnc5)CC4)c3)n[nH]c2cn1.CC(C)Oc1cc2c(cn1)CN=C2c1cc(N2CCN(C)CC2)ncn1.CC(C)Oc1cc2c(cn1)CN=C2c1cc(N2C[C@@H](C)O[C@@H](C)C2)ncn1. The number of likely N-dealkylation sites (N-methyl/N-ethyl adjacent to an activating group) is 1. The summed E-state index contributed by atoms with van der Waals surface area (Å²) < 4.78 is 106. The molecule has 6 aliphatic rings. The Morgan fingerprint density at radius 2 is 0.891 bits per heavy atom. The third-order valence-corrected chi connectivity index (χ3v) is 23.5. The van der Waals surface area contributed by atoms with E-state index in [-0.39, 0.29) is 68.6 Å². The van der Waals surface area contributed by atoms with Crippen molar-refractivity contribution in [3.63, 3.8) is 0 Å². The lowest BCUT2D eigenvalue weighted by Crippen LogP contribution is -2.50. The van der Waals surface area contributed by atoms with E-state index in [1.54, 1.807) is 66.3 Å². The van der Waals surface area contributed by atoms with Crippen molar-refractivity contribution in [3.8, 4) is 46.0 Å². The highest BCUT2D eigenvalue weighted by atomic mass is 32.2. The molecule has 11 aromatic heterocycles. The zero-order chi connectivity index (χ0) is 83.7. The van der Waals surface area contributed by atoms with E-state index in [4.69, 9.17) is 33.7 Å². The van der Waals surface area contributed by atoms with Gasteiger partial charge in [-0.15, -0.1) is 0 Å². The highest BCUT2D eigenvalue weighted by Gasteiger charge is 2.36. The molecule has 0 saturated carbocycles. The summed E-state index contributed by atoms with van der Waals surface area (Å²) in [4.78, 5) is 68.4. The third kappa shape index (κ3) is 20.6. The highest BCUT2D eigenvalue weighted by molar-refractivity contribution is 7.89. The van der Waals surface area contributed by atoms with Gasteiger partial charge in [0.25, 0.3) is 10.0 Å². The number of halogens is 2. The van der Waals surface area contributed by atoms with Crippen LogP contribution in [0.5, 0.6) is 23.5 Å². The summed E-state index contributed by atoms with van der Waals surface area (Å²) in [6, 6.07) is 22.8. The van der Waals surface area contributed by atoms with Crippen LogP contribution in [0.1, 0.15) is 108 Å². The van der Waals surface area contributed by atoms with Crippen molar-refractivity contribution in [1.29, 1.82) is 0 Å². The molecule has 0 bridgehead atoms. The number of nitrogens with one attached hydrogen (secondary N) is 2. The summed E-state index contributed by atoms with van der Waals surface area (Å²) >= 11 is 0. The van der Waals surface area contributed by atoms with Gasteiger partial charge in [0, 0.05) is 209 Å². The number of hydrogen-bond acceptors (Lipinski definition) is 29. The Balaban J connectivity index is 0.000000131. The van der Waals surface area contributed by atoms with Crippen molar-refractivity contribution in [1.82, 2.24) is 88.7 Å². The number of sulfonamides is 2. The maximum Gasteiger partial charge on any atom is 0.350 e. The van der Waals surface area contributed by atoms with Crippen LogP contribution in [0, 0.1) is 0 Å². The molecule has 0 radical (unpaired) electrons. The maximum absolute atomic E-state index is 12.9. The van der Waals surface area contributed by atoms with Crippen LogP contribution in [0.4, 0.5) is 32.1 Å². The number of piperazine rings is 3. The number of morpholine rings is 1. The molecular weight excluding hydrogens is 1570 g/mol. The van der Waals surface area contributed by atoms with Crippen LogP contribution in [-0.4, -0.2) is 258 Å². The number of alkyl halides is 2. The van der Waals surface area contributed by atoms with Crippen LogP contribution in [0.3, 0.4) is 0 Å². The summed E-state index contributed by atoms with van der Waals surface area (Å²) in [5.41, 5.74) is 13.2. The first-order chi connectivity index (χ1) is 57.2. The van der Waals surface area contributed by atoms with Gasteiger partial charge < -0.3 is 48.2 Å². The zero-order valence-electron chi connectivity index (χ0n) is 68.3. The topological polar surface area (TPSA) is 361 Å². The first-order valence-electron chi connectivity index (χ1n) is 39.7. The molecule has 119 heavy (non-hydrogen) atoms. The quantitative estimate of drug-likeness (QED) is 0.0675. The van der Waals surface area contributed by atoms with Crippen LogP contribution in [-0.2, 0) is 43.6 Å². The number of rotatable bonds is 21. The largest absolute Gasteiger partial charge is 0.475 e. The Morgan fingerprint density at radius 1 is 0.471 bits per heavy atom. The van der Waals surface area contributed by atoms with Crippen molar-refractivity contribution in [2.24, 2.45) is 9.98 Å². The Bertz CT molecular complexity index is 5640. The molecule has 17 heterocycles. The Hall–Kier alpha value is -11.5. The lowest BCUT2D eigenvalue weighted by molar-refractivity contribution is -0.00547. The van der Waals surface area contributed by atoms with Crippen LogP contribution in [0.25, 0.3) is 44.3 Å². The normalized spacial score (nSPS) is 17.4.